The SMILES string of the molecule is CN(C)CCN(C)C(=O)c1cc(N)nc(C(C)(C)C)c1. The van der Waals surface area contributed by atoms with Crippen LogP contribution < -0.4 is 5.73 Å². The maximum Gasteiger partial charge on any atom is 0.253 e. The average molecular weight is 278 g/mol. The van der Waals surface area contributed by atoms with Crippen molar-refractivity contribution in [2.45, 2.75) is 26.2 Å². The van der Waals surface area contributed by atoms with Crippen LogP contribution in [0, 0.1) is 0 Å². The monoisotopic (exact) mass is 278 g/mol. The minimum Gasteiger partial charge on any atom is -0.384 e. The lowest BCUT2D eigenvalue weighted by Crippen LogP contribution is -2.33. The molecule has 0 aromatic carbocycles. The largest absolute Gasteiger partial charge is 0.384 e. The van der Waals surface area contributed by atoms with Gasteiger partial charge in [-0.15, -0.1) is 0 Å². The Morgan fingerprint density at radius 1 is 1.20 bits per heavy atom. The fraction of sp³-hybridized carbons (Fsp3) is 0.600. The van der Waals surface area contributed by atoms with Crippen molar-refractivity contribution in [1.29, 1.82) is 0 Å². The highest BCUT2D eigenvalue weighted by atomic mass is 16.2. The molecule has 0 saturated heterocycles. The van der Waals surface area contributed by atoms with Crippen LogP contribution >= 0.6 is 0 Å². The molecule has 0 spiro atoms. The lowest BCUT2D eigenvalue weighted by atomic mass is 9.90. The summed E-state index contributed by atoms with van der Waals surface area (Å²) in [4.78, 5) is 20.5. The van der Waals surface area contributed by atoms with Crippen molar-refractivity contribution in [2.75, 3.05) is 40.0 Å². The Morgan fingerprint density at radius 3 is 2.30 bits per heavy atom. The number of pyridine rings is 1. The highest BCUT2D eigenvalue weighted by Gasteiger charge is 2.20. The van der Waals surface area contributed by atoms with Crippen LogP contribution in [0.3, 0.4) is 0 Å². The summed E-state index contributed by atoms with van der Waals surface area (Å²) < 4.78 is 0. The molecule has 0 aliphatic rings. The van der Waals surface area contributed by atoms with Gasteiger partial charge >= 0.3 is 0 Å². The zero-order valence-electron chi connectivity index (χ0n) is 13.4. The van der Waals surface area contributed by atoms with Gasteiger partial charge in [-0.2, -0.15) is 0 Å². The Kier molecular flexibility index (Phi) is 5.11. The Hall–Kier alpha value is -1.62. The third-order valence-electron chi connectivity index (χ3n) is 3.09. The van der Waals surface area contributed by atoms with Gasteiger partial charge in [0.05, 0.1) is 0 Å². The maximum atomic E-state index is 12.4. The molecule has 1 rings (SSSR count). The molecule has 0 unspecified atom stereocenters. The minimum absolute atomic E-state index is 0.0218. The van der Waals surface area contributed by atoms with Crippen molar-refractivity contribution in [3.8, 4) is 0 Å². The lowest BCUT2D eigenvalue weighted by molar-refractivity contribution is 0.0786. The summed E-state index contributed by atoms with van der Waals surface area (Å²) in [6.07, 6.45) is 0. The van der Waals surface area contributed by atoms with Gasteiger partial charge in [-0.25, -0.2) is 4.98 Å². The molecule has 1 aromatic heterocycles. The molecule has 5 heteroatoms. The maximum absolute atomic E-state index is 12.4. The van der Waals surface area contributed by atoms with Gasteiger partial charge in [-0.3, -0.25) is 4.79 Å². The summed E-state index contributed by atoms with van der Waals surface area (Å²) in [5.41, 5.74) is 7.13. The molecule has 1 aromatic rings. The van der Waals surface area contributed by atoms with E-state index in [0.717, 1.165) is 12.2 Å². The van der Waals surface area contributed by atoms with E-state index in [9.17, 15) is 4.79 Å². The molecule has 0 radical (unpaired) electrons. The van der Waals surface area contributed by atoms with Crippen molar-refractivity contribution in [3.05, 3.63) is 23.4 Å². The zero-order valence-corrected chi connectivity index (χ0v) is 13.4. The summed E-state index contributed by atoms with van der Waals surface area (Å²) >= 11 is 0. The number of amides is 1. The molecule has 20 heavy (non-hydrogen) atoms. The number of carbonyl (C=O) groups excluding carboxylic acids is 1. The first-order valence-corrected chi connectivity index (χ1v) is 6.79. The third-order valence-corrected chi connectivity index (χ3v) is 3.09. The van der Waals surface area contributed by atoms with E-state index in [0.29, 0.717) is 17.9 Å². The predicted octanol–water partition coefficient (Wildman–Crippen LogP) is 1.59. The van der Waals surface area contributed by atoms with Gasteiger partial charge in [0, 0.05) is 36.8 Å². The van der Waals surface area contributed by atoms with Crippen molar-refractivity contribution in [2.24, 2.45) is 0 Å². The quantitative estimate of drug-likeness (QED) is 0.908. The van der Waals surface area contributed by atoms with Crippen LogP contribution in [0.1, 0.15) is 36.8 Å². The standard InChI is InChI=1S/C15H26N4O/c1-15(2,3)12-9-11(10-13(16)17-12)14(20)19(6)8-7-18(4)5/h9-10H,7-8H2,1-6H3,(H2,16,17). The molecule has 0 aliphatic carbocycles. The van der Waals surface area contributed by atoms with Gasteiger partial charge in [0.25, 0.3) is 5.91 Å². The van der Waals surface area contributed by atoms with Crippen LogP contribution in [-0.4, -0.2) is 54.9 Å². The van der Waals surface area contributed by atoms with Gasteiger partial charge < -0.3 is 15.5 Å². The molecule has 1 heterocycles. The van der Waals surface area contributed by atoms with E-state index in [1.54, 1.807) is 18.0 Å². The van der Waals surface area contributed by atoms with Gasteiger partial charge in [0.2, 0.25) is 0 Å². The second-order valence-electron chi connectivity index (χ2n) is 6.45. The van der Waals surface area contributed by atoms with Crippen LogP contribution in [0.4, 0.5) is 5.82 Å². The molecule has 0 saturated carbocycles. The first-order valence-electron chi connectivity index (χ1n) is 6.79. The van der Waals surface area contributed by atoms with Crippen LogP contribution in [-0.2, 0) is 5.41 Å². The van der Waals surface area contributed by atoms with Crippen molar-refractivity contribution >= 4 is 11.7 Å². The number of likely N-dealkylation sites (N-methyl/N-ethyl adjacent to an activating group) is 2. The number of hydrogen-bond donors (Lipinski definition) is 1. The molecule has 112 valence electrons. The normalized spacial score (nSPS) is 11.8. The first kappa shape index (κ1) is 16.4. The van der Waals surface area contributed by atoms with Gasteiger partial charge in [0.1, 0.15) is 5.82 Å². The van der Waals surface area contributed by atoms with Crippen LogP contribution in [0.25, 0.3) is 0 Å². The van der Waals surface area contributed by atoms with E-state index < -0.39 is 0 Å². The second-order valence-corrected chi connectivity index (χ2v) is 6.45. The Bertz CT molecular complexity index is 477. The molecule has 5 nitrogen and oxygen atoms in total. The summed E-state index contributed by atoms with van der Waals surface area (Å²) in [5.74, 6) is 0.369. The summed E-state index contributed by atoms with van der Waals surface area (Å²) in [6, 6.07) is 3.48. The third kappa shape index (κ3) is 4.49. The van der Waals surface area contributed by atoms with Crippen LogP contribution in [0.2, 0.25) is 0 Å². The molecule has 0 aliphatic heterocycles. The lowest BCUT2D eigenvalue weighted by Gasteiger charge is -2.22. The predicted molar refractivity (Wildman–Crippen MR) is 82.9 cm³/mol. The van der Waals surface area contributed by atoms with E-state index in [2.05, 4.69) is 25.8 Å². The zero-order chi connectivity index (χ0) is 15.5. The van der Waals surface area contributed by atoms with Crippen LogP contribution in [0.15, 0.2) is 12.1 Å². The van der Waals surface area contributed by atoms with Crippen molar-refractivity contribution in [3.63, 3.8) is 0 Å². The number of aromatic nitrogens is 1. The molecule has 0 bridgehead atoms. The summed E-state index contributed by atoms with van der Waals surface area (Å²) in [5, 5.41) is 0. The van der Waals surface area contributed by atoms with E-state index in [4.69, 9.17) is 5.73 Å². The summed E-state index contributed by atoms with van der Waals surface area (Å²) in [6.45, 7) is 7.67. The molecular formula is C15H26N4O. The molecule has 2 N–H and O–H groups in total. The number of hydrogen-bond acceptors (Lipinski definition) is 4. The topological polar surface area (TPSA) is 62.5 Å². The number of nitrogens with two attached hydrogens (primary N) is 1. The fourth-order valence-electron chi connectivity index (χ4n) is 1.73. The number of nitrogens with zero attached hydrogens (tertiary/aromatic N) is 3. The van der Waals surface area contributed by atoms with E-state index in [-0.39, 0.29) is 11.3 Å². The number of anilines is 1. The number of nitrogen functional groups attached to an aromatic ring is 1. The molecule has 0 fully saturated rings. The summed E-state index contributed by atoms with van der Waals surface area (Å²) in [7, 11) is 5.78. The highest BCUT2D eigenvalue weighted by Crippen LogP contribution is 2.23. The van der Waals surface area contributed by atoms with Gasteiger partial charge in [-0.05, 0) is 26.2 Å². The Balaban J connectivity index is 2.96. The van der Waals surface area contributed by atoms with Gasteiger partial charge in [-0.1, -0.05) is 20.8 Å². The van der Waals surface area contributed by atoms with Crippen LogP contribution in [0.5, 0.6) is 0 Å². The molecule has 1 amide bonds. The first-order chi connectivity index (χ1) is 9.11. The fourth-order valence-corrected chi connectivity index (χ4v) is 1.73. The minimum atomic E-state index is -0.132. The highest BCUT2D eigenvalue weighted by molar-refractivity contribution is 5.94. The second kappa shape index (κ2) is 6.22. The average Bonchev–Trinajstić information content (AvgIpc) is 2.33. The van der Waals surface area contributed by atoms with Gasteiger partial charge in [0.15, 0.2) is 0 Å². The Labute approximate surface area is 121 Å². The van der Waals surface area contributed by atoms with E-state index >= 15 is 0 Å². The molecular weight excluding hydrogens is 252 g/mol. The van der Waals surface area contributed by atoms with E-state index in [1.807, 2.05) is 25.1 Å². The Morgan fingerprint density at radius 2 is 1.80 bits per heavy atom. The molecule has 0 atom stereocenters. The van der Waals surface area contributed by atoms with E-state index in [1.165, 1.54) is 0 Å². The van der Waals surface area contributed by atoms with Crippen molar-refractivity contribution in [1.82, 2.24) is 14.8 Å². The number of rotatable bonds is 4. The van der Waals surface area contributed by atoms with Crippen molar-refractivity contribution < 1.29 is 4.79 Å². The number of carbonyl (C=O) groups is 1. The smallest absolute Gasteiger partial charge is 0.253 e.